The van der Waals surface area contributed by atoms with Gasteiger partial charge < -0.3 is 10.1 Å². The molecule has 2 atom stereocenters. The van der Waals surface area contributed by atoms with Gasteiger partial charge in [0.25, 0.3) is 0 Å². The number of carbonyl (C=O) groups is 1. The number of aromatic nitrogens is 2. The summed E-state index contributed by atoms with van der Waals surface area (Å²) in [6.45, 7) is 12.5. The number of hydrogen-bond acceptors (Lipinski definition) is 5. The second-order valence-electron chi connectivity index (χ2n) is 10.5. The molecule has 0 unspecified atom stereocenters. The first-order valence-electron chi connectivity index (χ1n) is 12.0. The zero-order valence-corrected chi connectivity index (χ0v) is 21.2. The van der Waals surface area contributed by atoms with E-state index in [1.165, 1.54) is 0 Å². The van der Waals surface area contributed by atoms with Crippen LogP contribution in [0.1, 0.15) is 58.7 Å². The lowest BCUT2D eigenvalue weighted by Crippen LogP contribution is -2.37. The Balaban J connectivity index is 1.50. The highest BCUT2D eigenvalue weighted by atomic mass is 19.1. The highest BCUT2D eigenvalue weighted by Gasteiger charge is 2.37. The fourth-order valence-electron chi connectivity index (χ4n) is 4.28. The molecule has 1 fully saturated rings. The monoisotopic (exact) mass is 476 g/mol. The molecule has 3 aromatic rings. The second-order valence-corrected chi connectivity index (χ2v) is 10.5. The predicted molar refractivity (Wildman–Crippen MR) is 137 cm³/mol. The molecule has 7 heteroatoms. The molecule has 0 spiro atoms. The number of amides is 1. The molecule has 4 rings (SSSR count). The number of hydrogen-bond donors (Lipinski definition) is 1. The largest absolute Gasteiger partial charge is 0.447 e. The van der Waals surface area contributed by atoms with Gasteiger partial charge in [-0.15, -0.1) is 0 Å². The molecule has 184 valence electrons. The Morgan fingerprint density at radius 2 is 1.74 bits per heavy atom. The third kappa shape index (κ3) is 5.29. The lowest BCUT2D eigenvalue weighted by molar-refractivity contribution is 0.177. The number of halogens is 1. The lowest BCUT2D eigenvalue weighted by atomic mass is 9.85. The molecular weight excluding hydrogens is 443 g/mol. The van der Waals surface area contributed by atoms with Crippen LogP contribution < -0.4 is 10.2 Å². The van der Waals surface area contributed by atoms with Crippen molar-refractivity contribution in [2.75, 3.05) is 16.8 Å². The first-order chi connectivity index (χ1) is 16.5. The normalized spacial score (nSPS) is 17.0. The minimum Gasteiger partial charge on any atom is -0.447 e. The van der Waals surface area contributed by atoms with Gasteiger partial charge in [-0.3, -0.25) is 9.88 Å². The molecule has 0 saturated carbocycles. The topological polar surface area (TPSA) is 67.3 Å². The summed E-state index contributed by atoms with van der Waals surface area (Å²) in [6.07, 6.45) is 2.84. The van der Waals surface area contributed by atoms with E-state index in [9.17, 15) is 9.18 Å². The summed E-state index contributed by atoms with van der Waals surface area (Å²) in [4.78, 5) is 22.8. The molecule has 0 radical (unpaired) electrons. The SMILES string of the molecule is CC(C)[C@H]1COC(=O)N1c1cncc(N[C@@H](C)c2ccc(-c3ccc(F)c(C(C)(C)C)c3)cc2)n1. The van der Waals surface area contributed by atoms with E-state index < -0.39 is 6.09 Å². The van der Waals surface area contributed by atoms with Crippen molar-refractivity contribution in [3.05, 3.63) is 71.8 Å². The molecule has 1 amide bonds. The second kappa shape index (κ2) is 9.64. The summed E-state index contributed by atoms with van der Waals surface area (Å²) >= 11 is 0. The molecule has 1 N–H and O–H groups in total. The summed E-state index contributed by atoms with van der Waals surface area (Å²) < 4.78 is 19.6. The van der Waals surface area contributed by atoms with Gasteiger partial charge in [-0.05, 0) is 52.6 Å². The maximum atomic E-state index is 14.3. The Labute approximate surface area is 206 Å². The molecule has 6 nitrogen and oxygen atoms in total. The molecule has 0 aliphatic carbocycles. The number of cyclic esters (lactones) is 1. The third-order valence-electron chi connectivity index (χ3n) is 6.43. The van der Waals surface area contributed by atoms with Crippen LogP contribution in [0.2, 0.25) is 0 Å². The highest BCUT2D eigenvalue weighted by molar-refractivity contribution is 5.89. The smallest absolute Gasteiger partial charge is 0.415 e. The van der Waals surface area contributed by atoms with Crippen molar-refractivity contribution in [3.8, 4) is 11.1 Å². The van der Waals surface area contributed by atoms with Gasteiger partial charge in [0.15, 0.2) is 5.82 Å². The summed E-state index contributed by atoms with van der Waals surface area (Å²) in [5.41, 5.74) is 3.52. The number of nitrogens with one attached hydrogen (secondary N) is 1. The van der Waals surface area contributed by atoms with Gasteiger partial charge in [0.05, 0.1) is 18.4 Å². The molecule has 2 heterocycles. The summed E-state index contributed by atoms with van der Waals surface area (Å²) in [6, 6.07) is 13.4. The van der Waals surface area contributed by atoms with Crippen molar-refractivity contribution >= 4 is 17.7 Å². The predicted octanol–water partition coefficient (Wildman–Crippen LogP) is 6.73. The quantitative estimate of drug-likeness (QED) is 0.427. The van der Waals surface area contributed by atoms with Gasteiger partial charge in [0.2, 0.25) is 0 Å². The molecule has 0 bridgehead atoms. The van der Waals surface area contributed by atoms with Crippen LogP contribution in [-0.4, -0.2) is 28.7 Å². The fraction of sp³-hybridized carbons (Fsp3) is 0.393. The van der Waals surface area contributed by atoms with Crippen molar-refractivity contribution < 1.29 is 13.9 Å². The van der Waals surface area contributed by atoms with Gasteiger partial charge in [-0.2, -0.15) is 0 Å². The number of anilines is 2. The van der Waals surface area contributed by atoms with Crippen LogP contribution in [-0.2, 0) is 10.2 Å². The van der Waals surface area contributed by atoms with E-state index in [4.69, 9.17) is 4.74 Å². The van der Waals surface area contributed by atoms with Gasteiger partial charge in [0.1, 0.15) is 18.2 Å². The van der Waals surface area contributed by atoms with Crippen molar-refractivity contribution in [2.24, 2.45) is 5.92 Å². The van der Waals surface area contributed by atoms with Crippen molar-refractivity contribution in [2.45, 2.75) is 59.0 Å². The third-order valence-corrected chi connectivity index (χ3v) is 6.43. The molecule has 35 heavy (non-hydrogen) atoms. The zero-order valence-electron chi connectivity index (χ0n) is 21.2. The first-order valence-corrected chi connectivity index (χ1v) is 12.0. The number of benzene rings is 2. The number of rotatable bonds is 6. The van der Waals surface area contributed by atoms with Crippen LogP contribution in [0.4, 0.5) is 20.8 Å². The van der Waals surface area contributed by atoms with E-state index in [2.05, 4.69) is 41.3 Å². The van der Waals surface area contributed by atoms with Crippen LogP contribution in [0.25, 0.3) is 11.1 Å². The molecule has 1 saturated heterocycles. The van der Waals surface area contributed by atoms with E-state index in [0.29, 0.717) is 23.8 Å². The van der Waals surface area contributed by atoms with Crippen LogP contribution in [0.3, 0.4) is 0 Å². The standard InChI is InChI=1S/C28H33FN4O2/c1-17(2)24-16-35-27(34)33(24)26-15-30-14-25(32-26)31-18(3)19-7-9-20(10-8-19)21-11-12-23(29)22(13-21)28(4,5)6/h7-15,17-18,24H,16H2,1-6H3,(H,31,32)/t18-,24+/m0/s1. The fourth-order valence-corrected chi connectivity index (χ4v) is 4.28. The van der Waals surface area contributed by atoms with Gasteiger partial charge in [0, 0.05) is 6.04 Å². The average molecular weight is 477 g/mol. The number of carbonyl (C=O) groups excluding carboxylic acids is 1. The number of nitrogens with zero attached hydrogens (tertiary/aromatic N) is 3. The Kier molecular flexibility index (Phi) is 6.79. The summed E-state index contributed by atoms with van der Waals surface area (Å²) in [5, 5.41) is 3.37. The van der Waals surface area contributed by atoms with Crippen LogP contribution in [0.15, 0.2) is 54.9 Å². The van der Waals surface area contributed by atoms with Crippen LogP contribution in [0.5, 0.6) is 0 Å². The molecular formula is C28H33FN4O2. The molecule has 1 aliphatic heterocycles. The lowest BCUT2D eigenvalue weighted by Gasteiger charge is -2.23. The minimum absolute atomic E-state index is 0.0432. The van der Waals surface area contributed by atoms with Crippen LogP contribution in [0, 0.1) is 11.7 Å². The van der Waals surface area contributed by atoms with E-state index in [1.807, 2.05) is 52.0 Å². The summed E-state index contributed by atoms with van der Waals surface area (Å²) in [7, 11) is 0. The van der Waals surface area contributed by atoms with Crippen molar-refractivity contribution in [1.82, 2.24) is 9.97 Å². The van der Waals surface area contributed by atoms with Gasteiger partial charge >= 0.3 is 6.09 Å². The molecule has 1 aromatic heterocycles. The first kappa shape index (κ1) is 24.6. The van der Waals surface area contributed by atoms with Crippen molar-refractivity contribution in [3.63, 3.8) is 0 Å². The minimum atomic E-state index is -0.394. The van der Waals surface area contributed by atoms with Gasteiger partial charge in [-0.1, -0.05) is 65.0 Å². The Bertz CT molecular complexity index is 1200. The average Bonchev–Trinajstić information content (AvgIpc) is 3.20. The molecule has 2 aromatic carbocycles. The number of ether oxygens (including phenoxy) is 1. The van der Waals surface area contributed by atoms with Crippen molar-refractivity contribution in [1.29, 1.82) is 0 Å². The maximum Gasteiger partial charge on any atom is 0.415 e. The highest BCUT2D eigenvalue weighted by Crippen LogP contribution is 2.31. The van der Waals surface area contributed by atoms with E-state index in [0.717, 1.165) is 16.7 Å². The zero-order chi connectivity index (χ0) is 25.3. The Morgan fingerprint density at radius 3 is 2.40 bits per heavy atom. The van der Waals surface area contributed by atoms with Crippen LogP contribution >= 0.6 is 0 Å². The van der Waals surface area contributed by atoms with E-state index >= 15 is 0 Å². The summed E-state index contributed by atoms with van der Waals surface area (Å²) in [5.74, 6) is 1.11. The van der Waals surface area contributed by atoms with Gasteiger partial charge in [-0.25, -0.2) is 14.2 Å². The van der Waals surface area contributed by atoms with E-state index in [-0.39, 0.29) is 29.2 Å². The molecule has 1 aliphatic rings. The Hall–Kier alpha value is -3.48. The van der Waals surface area contributed by atoms with E-state index in [1.54, 1.807) is 23.4 Å². The Morgan fingerprint density at radius 1 is 1.06 bits per heavy atom. The maximum absolute atomic E-state index is 14.3.